The van der Waals surface area contributed by atoms with Gasteiger partial charge in [0.1, 0.15) is 15.4 Å². The van der Waals surface area contributed by atoms with Crippen LogP contribution in [0.3, 0.4) is 0 Å². The first kappa shape index (κ1) is 30.2. The highest BCUT2D eigenvalue weighted by atomic mass is 32.1. The molecule has 0 bridgehead atoms. The van der Waals surface area contributed by atoms with E-state index < -0.39 is 0 Å². The second-order valence-corrected chi connectivity index (χ2v) is 17.2. The van der Waals surface area contributed by atoms with Gasteiger partial charge < -0.3 is 4.98 Å². The summed E-state index contributed by atoms with van der Waals surface area (Å²) in [6.07, 6.45) is 14.1. The second kappa shape index (κ2) is 11.2. The minimum absolute atomic E-state index is 0.0969. The molecule has 1 fully saturated rings. The van der Waals surface area contributed by atoms with Crippen molar-refractivity contribution in [1.29, 1.82) is 0 Å². The molecule has 4 atom stereocenters. The van der Waals surface area contributed by atoms with Crippen molar-refractivity contribution >= 4 is 66.3 Å². The molecular formula is C38H40N4OS3. The molecule has 5 nitrogen and oxygen atoms in total. The third kappa shape index (κ3) is 4.66. The topological polar surface area (TPSA) is 71.0 Å². The Morgan fingerprint density at radius 3 is 2.70 bits per heavy atom. The third-order valence-electron chi connectivity index (χ3n) is 11.3. The average molecular weight is 665 g/mol. The van der Waals surface area contributed by atoms with Gasteiger partial charge in [-0.3, -0.25) is 9.79 Å². The van der Waals surface area contributed by atoms with E-state index in [1.165, 1.54) is 37.0 Å². The fourth-order valence-electron chi connectivity index (χ4n) is 9.09. The Bertz CT molecular complexity index is 2110. The normalized spacial score (nSPS) is 26.5. The van der Waals surface area contributed by atoms with E-state index in [0.717, 1.165) is 55.3 Å². The fourth-order valence-corrected chi connectivity index (χ4v) is 11.5. The molecule has 4 unspecified atom stereocenters. The molecule has 8 rings (SSSR count). The number of H-pyrrole nitrogens is 1. The Kier molecular flexibility index (Phi) is 7.35. The number of fused-ring (bicyclic) bond motifs is 6. The Balaban J connectivity index is 1.41. The highest BCUT2D eigenvalue weighted by Crippen LogP contribution is 2.64. The molecule has 0 amide bonds. The van der Waals surface area contributed by atoms with E-state index in [0.29, 0.717) is 28.3 Å². The van der Waals surface area contributed by atoms with E-state index in [1.807, 2.05) is 13.1 Å². The maximum Gasteiger partial charge on any atom is 0.268 e. The summed E-state index contributed by atoms with van der Waals surface area (Å²) in [5, 5.41) is 5.17. The maximum atomic E-state index is 13.3. The maximum absolute atomic E-state index is 13.3. The smallest absolute Gasteiger partial charge is 0.268 e. The molecule has 0 aromatic carbocycles. The van der Waals surface area contributed by atoms with Gasteiger partial charge in [-0.1, -0.05) is 64.0 Å². The van der Waals surface area contributed by atoms with Gasteiger partial charge in [-0.25, -0.2) is 9.97 Å². The van der Waals surface area contributed by atoms with Crippen LogP contribution in [0.2, 0.25) is 0 Å². The molecule has 236 valence electrons. The van der Waals surface area contributed by atoms with Gasteiger partial charge in [0.05, 0.1) is 16.9 Å². The van der Waals surface area contributed by atoms with E-state index in [1.54, 1.807) is 33.8 Å². The van der Waals surface area contributed by atoms with Gasteiger partial charge in [0.25, 0.3) is 5.56 Å². The van der Waals surface area contributed by atoms with E-state index in [4.69, 9.17) is 15.0 Å². The molecule has 0 aliphatic heterocycles. The van der Waals surface area contributed by atoms with Crippen molar-refractivity contribution in [2.24, 2.45) is 28.2 Å². The minimum atomic E-state index is -0.189. The summed E-state index contributed by atoms with van der Waals surface area (Å²) in [5.41, 5.74) is 6.88. The fraction of sp³-hybridized carbons (Fsp3) is 0.421. The van der Waals surface area contributed by atoms with Crippen LogP contribution in [0.4, 0.5) is 5.69 Å². The summed E-state index contributed by atoms with van der Waals surface area (Å²) in [7, 11) is 0. The molecule has 5 heterocycles. The van der Waals surface area contributed by atoms with Crippen molar-refractivity contribution in [1.82, 2.24) is 15.0 Å². The standard InChI is InChI=1S/C38H40N4OS3/c1-21(2)23-11-13-26-24(19-23)12-14-28-37(26,4)15-8-16-38(28,5)34-32(39-20-25-9-6-17-44-25)29(27-10-7-18-45-27)30-31-33(46-36(30)42-34)35(43)41-22(3)40-31/h6-7,9-10,12,17-21,26,28H,8,11,13-16H2,1-5H3,(H,40,41,43). The predicted octanol–water partition coefficient (Wildman–Crippen LogP) is 10.8. The van der Waals surface area contributed by atoms with Crippen LogP contribution in [0, 0.1) is 30.1 Å². The Labute approximate surface area is 282 Å². The first-order valence-electron chi connectivity index (χ1n) is 16.6. The summed E-state index contributed by atoms with van der Waals surface area (Å²) in [6.45, 7) is 11.6. The number of hydrogen-bond acceptors (Lipinski definition) is 7. The zero-order valence-electron chi connectivity index (χ0n) is 27.1. The molecule has 3 aliphatic rings. The average Bonchev–Trinajstić information content (AvgIpc) is 3.81. The number of pyridine rings is 1. The number of aryl methyl sites for hydroxylation is 1. The largest absolute Gasteiger partial charge is 0.310 e. The number of nitrogens with one attached hydrogen (secondary N) is 1. The number of aromatic amines is 1. The number of thiophene rings is 3. The van der Waals surface area contributed by atoms with Crippen molar-refractivity contribution in [3.8, 4) is 10.4 Å². The number of rotatable bonds is 5. The number of allylic oxidation sites excluding steroid dienone is 4. The molecule has 8 heteroatoms. The van der Waals surface area contributed by atoms with Crippen molar-refractivity contribution in [2.75, 3.05) is 0 Å². The molecule has 5 aromatic rings. The monoisotopic (exact) mass is 664 g/mol. The third-order valence-corrected chi connectivity index (χ3v) is 14.1. The molecule has 46 heavy (non-hydrogen) atoms. The summed E-state index contributed by atoms with van der Waals surface area (Å²) >= 11 is 4.89. The summed E-state index contributed by atoms with van der Waals surface area (Å²) < 4.78 is 0.634. The highest BCUT2D eigenvalue weighted by Gasteiger charge is 2.56. The molecular weight excluding hydrogens is 625 g/mol. The zero-order chi connectivity index (χ0) is 31.8. The quantitative estimate of drug-likeness (QED) is 0.190. The Morgan fingerprint density at radius 1 is 1.11 bits per heavy atom. The molecule has 5 aromatic heterocycles. The predicted molar refractivity (Wildman–Crippen MR) is 196 cm³/mol. The van der Waals surface area contributed by atoms with Gasteiger partial charge in [0.15, 0.2) is 0 Å². The number of hydrogen-bond donors (Lipinski definition) is 1. The summed E-state index contributed by atoms with van der Waals surface area (Å²) in [6, 6.07) is 8.47. The van der Waals surface area contributed by atoms with E-state index >= 15 is 0 Å². The van der Waals surface area contributed by atoms with Gasteiger partial charge in [0.2, 0.25) is 0 Å². The molecule has 1 saturated carbocycles. The van der Waals surface area contributed by atoms with Crippen LogP contribution in [0.1, 0.15) is 82.6 Å². The molecule has 0 radical (unpaired) electrons. The van der Waals surface area contributed by atoms with Crippen molar-refractivity contribution < 1.29 is 0 Å². The summed E-state index contributed by atoms with van der Waals surface area (Å²) in [5.74, 6) is 2.23. The van der Waals surface area contributed by atoms with E-state index in [2.05, 4.69) is 79.9 Å². The van der Waals surface area contributed by atoms with E-state index in [-0.39, 0.29) is 16.4 Å². The van der Waals surface area contributed by atoms with Crippen LogP contribution in [0.25, 0.3) is 30.9 Å². The van der Waals surface area contributed by atoms with Gasteiger partial charge in [-0.15, -0.1) is 34.0 Å². The second-order valence-electron chi connectivity index (χ2n) is 14.3. The number of aliphatic imine (C=N–C) groups is 1. The summed E-state index contributed by atoms with van der Waals surface area (Å²) in [4.78, 5) is 35.2. The van der Waals surface area contributed by atoms with Gasteiger partial charge >= 0.3 is 0 Å². The molecule has 3 aliphatic carbocycles. The van der Waals surface area contributed by atoms with Crippen molar-refractivity contribution in [3.63, 3.8) is 0 Å². The van der Waals surface area contributed by atoms with Crippen LogP contribution in [0.5, 0.6) is 0 Å². The number of nitrogens with zero attached hydrogens (tertiary/aromatic N) is 3. The van der Waals surface area contributed by atoms with Crippen LogP contribution in [-0.4, -0.2) is 21.2 Å². The highest BCUT2D eigenvalue weighted by molar-refractivity contribution is 7.25. The van der Waals surface area contributed by atoms with Crippen LogP contribution >= 0.6 is 34.0 Å². The SMILES string of the molecule is Cc1nc2c(sc3nc(C4(C)CCCC5(C)C6CCC(C(C)C)=CC6=CCC45)c(N=Cc4cccs4)c(-c4cccs4)c32)c(=O)[nH]1. The van der Waals surface area contributed by atoms with Crippen LogP contribution in [0.15, 0.2) is 68.1 Å². The minimum Gasteiger partial charge on any atom is -0.310 e. The first-order valence-corrected chi connectivity index (χ1v) is 19.1. The molecule has 1 N–H and O–H groups in total. The lowest BCUT2D eigenvalue weighted by Gasteiger charge is -2.58. The van der Waals surface area contributed by atoms with Gasteiger partial charge in [-0.05, 0) is 90.7 Å². The lowest BCUT2D eigenvalue weighted by atomic mass is 9.46. The van der Waals surface area contributed by atoms with Crippen molar-refractivity contribution in [2.45, 2.75) is 78.6 Å². The van der Waals surface area contributed by atoms with Crippen molar-refractivity contribution in [3.05, 3.63) is 85.1 Å². The van der Waals surface area contributed by atoms with Gasteiger partial charge in [-0.2, -0.15) is 0 Å². The molecule has 0 saturated heterocycles. The molecule has 0 spiro atoms. The van der Waals surface area contributed by atoms with Crippen LogP contribution < -0.4 is 5.56 Å². The lowest BCUT2D eigenvalue weighted by Crippen LogP contribution is -2.52. The zero-order valence-corrected chi connectivity index (χ0v) is 29.6. The Hall–Kier alpha value is -3.20. The number of aromatic nitrogens is 3. The first-order chi connectivity index (χ1) is 22.2. The van der Waals surface area contributed by atoms with Gasteiger partial charge in [0, 0.05) is 32.3 Å². The van der Waals surface area contributed by atoms with Crippen LogP contribution in [-0.2, 0) is 5.41 Å². The lowest BCUT2D eigenvalue weighted by molar-refractivity contribution is -0.0101. The van der Waals surface area contributed by atoms with E-state index in [9.17, 15) is 4.79 Å². The Morgan fingerprint density at radius 2 is 1.93 bits per heavy atom.